The molecule has 1 aliphatic rings. The van der Waals surface area contributed by atoms with Crippen molar-refractivity contribution in [2.24, 2.45) is 5.92 Å². The number of piperidine rings is 1. The summed E-state index contributed by atoms with van der Waals surface area (Å²) in [7, 11) is 3.99. The van der Waals surface area contributed by atoms with Gasteiger partial charge in [-0.25, -0.2) is 0 Å². The average molecular weight is 301 g/mol. The van der Waals surface area contributed by atoms with Crippen LogP contribution in [0.1, 0.15) is 12.8 Å². The van der Waals surface area contributed by atoms with Crippen molar-refractivity contribution in [3.05, 3.63) is 0 Å². The molecule has 1 heterocycles. The Labute approximate surface area is 126 Å². The van der Waals surface area contributed by atoms with E-state index in [1.807, 2.05) is 14.1 Å². The topological polar surface area (TPSA) is 82.1 Å². The van der Waals surface area contributed by atoms with Crippen LogP contribution in [0.25, 0.3) is 0 Å². The maximum absolute atomic E-state index is 11.9. The third kappa shape index (κ3) is 7.40. The summed E-state index contributed by atoms with van der Waals surface area (Å²) in [5, 5.41) is 12.0. The van der Waals surface area contributed by atoms with Gasteiger partial charge in [-0.15, -0.1) is 0 Å². The predicted octanol–water partition coefficient (Wildman–Crippen LogP) is -0.523. The number of carbonyl (C=O) groups is 2. The molecule has 0 aromatic rings. The highest BCUT2D eigenvalue weighted by Crippen LogP contribution is 2.16. The lowest BCUT2D eigenvalue weighted by Gasteiger charge is -2.30. The number of amides is 1. The van der Waals surface area contributed by atoms with Gasteiger partial charge in [0.05, 0.1) is 25.7 Å². The lowest BCUT2D eigenvalue weighted by Crippen LogP contribution is -2.44. The summed E-state index contributed by atoms with van der Waals surface area (Å²) >= 11 is 0. The van der Waals surface area contributed by atoms with Crippen LogP contribution in [0.2, 0.25) is 0 Å². The van der Waals surface area contributed by atoms with E-state index in [1.165, 1.54) is 0 Å². The van der Waals surface area contributed by atoms with Crippen LogP contribution in [0.4, 0.5) is 0 Å². The molecular weight excluding hydrogens is 274 g/mol. The first-order valence-corrected chi connectivity index (χ1v) is 7.44. The van der Waals surface area contributed by atoms with E-state index in [2.05, 4.69) is 10.2 Å². The van der Waals surface area contributed by atoms with Crippen molar-refractivity contribution >= 4 is 11.9 Å². The van der Waals surface area contributed by atoms with Crippen molar-refractivity contribution in [3.8, 4) is 0 Å². The first-order valence-electron chi connectivity index (χ1n) is 7.44. The highest BCUT2D eigenvalue weighted by atomic mass is 16.5. The number of likely N-dealkylation sites (tertiary alicyclic amines) is 1. The summed E-state index contributed by atoms with van der Waals surface area (Å²) in [5.74, 6) is -1.02. The molecule has 1 amide bonds. The van der Waals surface area contributed by atoms with Gasteiger partial charge in [0.1, 0.15) is 0 Å². The van der Waals surface area contributed by atoms with Gasteiger partial charge in [-0.2, -0.15) is 0 Å². The van der Waals surface area contributed by atoms with Crippen LogP contribution in [-0.4, -0.2) is 86.8 Å². The van der Waals surface area contributed by atoms with Gasteiger partial charge >= 0.3 is 5.97 Å². The van der Waals surface area contributed by atoms with E-state index in [0.29, 0.717) is 45.7 Å². The minimum absolute atomic E-state index is 0.0344. The summed E-state index contributed by atoms with van der Waals surface area (Å²) in [6, 6.07) is 0. The molecule has 2 N–H and O–H groups in total. The monoisotopic (exact) mass is 301 g/mol. The smallest absolute Gasteiger partial charge is 0.306 e. The fraction of sp³-hybridized carbons (Fsp3) is 0.857. The SMILES string of the molecule is CN(C)CCOCCNCC(=O)N1CCC(C(=O)O)CC1. The van der Waals surface area contributed by atoms with Crippen molar-refractivity contribution < 1.29 is 19.4 Å². The lowest BCUT2D eigenvalue weighted by atomic mass is 9.97. The molecule has 7 heteroatoms. The number of ether oxygens (including phenoxy) is 1. The molecule has 21 heavy (non-hydrogen) atoms. The van der Waals surface area contributed by atoms with Crippen LogP contribution >= 0.6 is 0 Å². The number of hydrogen-bond donors (Lipinski definition) is 2. The predicted molar refractivity (Wildman–Crippen MR) is 79.2 cm³/mol. The minimum Gasteiger partial charge on any atom is -0.481 e. The van der Waals surface area contributed by atoms with Gasteiger partial charge in [0.25, 0.3) is 0 Å². The second-order valence-electron chi connectivity index (χ2n) is 5.59. The normalized spacial score (nSPS) is 16.4. The molecule has 0 aromatic carbocycles. The van der Waals surface area contributed by atoms with E-state index >= 15 is 0 Å². The molecular formula is C14H27N3O4. The van der Waals surface area contributed by atoms with Crippen molar-refractivity contribution in [2.45, 2.75) is 12.8 Å². The molecule has 0 saturated carbocycles. The van der Waals surface area contributed by atoms with Gasteiger partial charge in [0.15, 0.2) is 0 Å². The molecule has 0 aliphatic carbocycles. The van der Waals surface area contributed by atoms with E-state index in [-0.39, 0.29) is 18.4 Å². The summed E-state index contributed by atoms with van der Waals surface area (Å²) in [6.07, 6.45) is 1.10. The van der Waals surface area contributed by atoms with Crippen LogP contribution < -0.4 is 5.32 Å². The molecule has 0 spiro atoms. The number of likely N-dealkylation sites (N-methyl/N-ethyl adjacent to an activating group) is 1. The highest BCUT2D eigenvalue weighted by Gasteiger charge is 2.26. The average Bonchev–Trinajstić information content (AvgIpc) is 2.45. The first kappa shape index (κ1) is 17.9. The van der Waals surface area contributed by atoms with Crippen LogP contribution in [-0.2, 0) is 14.3 Å². The number of hydrogen-bond acceptors (Lipinski definition) is 5. The molecule has 0 unspecified atom stereocenters. The van der Waals surface area contributed by atoms with Gasteiger partial charge in [0, 0.05) is 26.2 Å². The molecule has 7 nitrogen and oxygen atoms in total. The summed E-state index contributed by atoms with van der Waals surface area (Å²) in [6.45, 7) is 4.16. The molecule has 0 bridgehead atoms. The second kappa shape index (κ2) is 9.70. The molecule has 0 radical (unpaired) electrons. The molecule has 1 rings (SSSR count). The molecule has 1 aliphatic heterocycles. The van der Waals surface area contributed by atoms with E-state index in [0.717, 1.165) is 6.54 Å². The Hall–Kier alpha value is -1.18. The zero-order valence-electron chi connectivity index (χ0n) is 13.0. The highest BCUT2D eigenvalue weighted by molar-refractivity contribution is 5.78. The van der Waals surface area contributed by atoms with Crippen molar-refractivity contribution in [1.82, 2.24) is 15.1 Å². The molecule has 0 atom stereocenters. The van der Waals surface area contributed by atoms with Crippen molar-refractivity contribution in [2.75, 3.05) is 60.0 Å². The Bertz CT molecular complexity index is 328. The third-order valence-corrected chi connectivity index (χ3v) is 3.58. The summed E-state index contributed by atoms with van der Waals surface area (Å²) < 4.78 is 5.42. The van der Waals surface area contributed by atoms with Gasteiger partial charge in [-0.3, -0.25) is 9.59 Å². The number of carbonyl (C=O) groups excluding carboxylic acids is 1. The number of carboxylic acids is 1. The van der Waals surface area contributed by atoms with Gasteiger partial charge in [-0.1, -0.05) is 0 Å². The van der Waals surface area contributed by atoms with Crippen LogP contribution in [0.15, 0.2) is 0 Å². The minimum atomic E-state index is -0.755. The Morgan fingerprint density at radius 1 is 1.29 bits per heavy atom. The summed E-state index contributed by atoms with van der Waals surface area (Å²) in [5.41, 5.74) is 0. The lowest BCUT2D eigenvalue weighted by molar-refractivity contribution is -0.145. The fourth-order valence-corrected chi connectivity index (χ4v) is 2.18. The van der Waals surface area contributed by atoms with Crippen LogP contribution in [0.5, 0.6) is 0 Å². The van der Waals surface area contributed by atoms with Crippen LogP contribution in [0.3, 0.4) is 0 Å². The maximum Gasteiger partial charge on any atom is 0.306 e. The largest absolute Gasteiger partial charge is 0.481 e. The Morgan fingerprint density at radius 3 is 2.52 bits per heavy atom. The molecule has 1 saturated heterocycles. The fourth-order valence-electron chi connectivity index (χ4n) is 2.18. The zero-order valence-corrected chi connectivity index (χ0v) is 13.0. The molecule has 1 fully saturated rings. The van der Waals surface area contributed by atoms with E-state index in [4.69, 9.17) is 9.84 Å². The van der Waals surface area contributed by atoms with Crippen molar-refractivity contribution in [3.63, 3.8) is 0 Å². The van der Waals surface area contributed by atoms with E-state index in [9.17, 15) is 9.59 Å². The Morgan fingerprint density at radius 2 is 1.95 bits per heavy atom. The van der Waals surface area contributed by atoms with Gasteiger partial charge < -0.3 is 25.0 Å². The van der Waals surface area contributed by atoms with Gasteiger partial charge in [0.2, 0.25) is 5.91 Å². The first-order chi connectivity index (χ1) is 10.0. The Balaban J connectivity index is 2.03. The van der Waals surface area contributed by atoms with E-state index < -0.39 is 5.97 Å². The molecule has 0 aromatic heterocycles. The number of rotatable bonds is 9. The quantitative estimate of drug-likeness (QED) is 0.558. The van der Waals surface area contributed by atoms with Crippen LogP contribution in [0, 0.1) is 5.92 Å². The zero-order chi connectivity index (χ0) is 15.7. The maximum atomic E-state index is 11.9. The second-order valence-corrected chi connectivity index (χ2v) is 5.59. The van der Waals surface area contributed by atoms with Gasteiger partial charge in [-0.05, 0) is 26.9 Å². The third-order valence-electron chi connectivity index (χ3n) is 3.58. The number of aliphatic carboxylic acids is 1. The number of carboxylic acid groups (broad SMARTS) is 1. The van der Waals surface area contributed by atoms with E-state index in [1.54, 1.807) is 4.90 Å². The molecule has 122 valence electrons. The summed E-state index contributed by atoms with van der Waals surface area (Å²) in [4.78, 5) is 26.5. The number of nitrogens with zero attached hydrogens (tertiary/aromatic N) is 2. The van der Waals surface area contributed by atoms with Crippen molar-refractivity contribution in [1.29, 1.82) is 0 Å². The standard InChI is InChI=1S/C14H27N3O4/c1-16(2)8-10-21-9-5-15-11-13(18)17-6-3-12(4-7-17)14(19)20/h12,15H,3-11H2,1-2H3,(H,19,20). The Kier molecular flexibility index (Phi) is 8.26. The number of nitrogens with one attached hydrogen (secondary N) is 1.